The molecule has 1 atom stereocenters. The van der Waals surface area contributed by atoms with Crippen molar-refractivity contribution >= 4 is 6.09 Å². The van der Waals surface area contributed by atoms with Crippen LogP contribution in [0.2, 0.25) is 0 Å². The number of hydrogen-bond acceptors (Lipinski definition) is 3. The summed E-state index contributed by atoms with van der Waals surface area (Å²) in [5.41, 5.74) is 0.831. The van der Waals surface area contributed by atoms with Crippen molar-refractivity contribution in [3.8, 4) is 0 Å². The molecule has 0 saturated carbocycles. The summed E-state index contributed by atoms with van der Waals surface area (Å²) in [5, 5.41) is 6.24. The molecule has 1 aromatic carbocycles. The van der Waals surface area contributed by atoms with E-state index in [2.05, 4.69) is 48.7 Å². The molecule has 0 spiro atoms. The molecular weight excluding hydrogens is 288 g/mol. The molecule has 2 N–H and O–H groups in total. The lowest BCUT2D eigenvalue weighted by molar-refractivity contribution is 0.0534. The van der Waals surface area contributed by atoms with Gasteiger partial charge in [-0.25, -0.2) is 4.79 Å². The molecule has 0 saturated heterocycles. The van der Waals surface area contributed by atoms with Gasteiger partial charge in [-0.05, 0) is 32.3 Å². The van der Waals surface area contributed by atoms with Crippen LogP contribution in [-0.2, 0) is 4.74 Å². The van der Waals surface area contributed by atoms with Gasteiger partial charge >= 0.3 is 6.09 Å². The zero-order valence-corrected chi connectivity index (χ0v) is 14.9. The number of carbonyl (C=O) groups excluding carboxylic acids is 1. The minimum atomic E-state index is -0.463. The highest BCUT2D eigenvalue weighted by Gasteiger charge is 2.15. The maximum atomic E-state index is 11.5. The van der Waals surface area contributed by atoms with Gasteiger partial charge in [0.2, 0.25) is 0 Å². The summed E-state index contributed by atoms with van der Waals surface area (Å²) < 4.78 is 5.17. The van der Waals surface area contributed by atoms with Gasteiger partial charge in [0.05, 0.1) is 0 Å². The molecule has 1 amide bonds. The summed E-state index contributed by atoms with van der Waals surface area (Å²) in [6.07, 6.45) is 3.56. The number of nitrogens with one attached hydrogen (secondary N) is 2. The second kappa shape index (κ2) is 9.36. The number of amides is 1. The molecule has 0 fully saturated rings. The van der Waals surface area contributed by atoms with E-state index in [-0.39, 0.29) is 6.09 Å². The van der Waals surface area contributed by atoms with Gasteiger partial charge in [0.1, 0.15) is 5.60 Å². The highest BCUT2D eigenvalue weighted by Crippen LogP contribution is 2.20. The zero-order chi connectivity index (χ0) is 17.3. The fourth-order valence-electron chi connectivity index (χ4n) is 2.22. The first kappa shape index (κ1) is 19.2. The van der Waals surface area contributed by atoms with Gasteiger partial charge < -0.3 is 15.4 Å². The largest absolute Gasteiger partial charge is 0.444 e. The topological polar surface area (TPSA) is 50.4 Å². The van der Waals surface area contributed by atoms with Crippen LogP contribution in [0.15, 0.2) is 42.5 Å². The van der Waals surface area contributed by atoms with E-state index in [0.717, 1.165) is 6.54 Å². The van der Waals surface area contributed by atoms with Crippen molar-refractivity contribution in [3.05, 3.63) is 48.0 Å². The predicted octanol–water partition coefficient (Wildman–Crippen LogP) is 4.05. The van der Waals surface area contributed by atoms with Crippen molar-refractivity contribution in [3.63, 3.8) is 0 Å². The van der Waals surface area contributed by atoms with Gasteiger partial charge in [-0.3, -0.25) is 0 Å². The number of benzene rings is 1. The van der Waals surface area contributed by atoms with Gasteiger partial charge in [-0.15, -0.1) is 0 Å². The number of alkyl carbamates (subject to hydrolysis) is 1. The molecule has 0 aliphatic heterocycles. The number of ether oxygens (including phenoxy) is 1. The highest BCUT2D eigenvalue weighted by atomic mass is 16.6. The summed E-state index contributed by atoms with van der Waals surface area (Å²) in [7, 11) is 0. The molecule has 0 aliphatic rings. The normalized spacial score (nSPS) is 13.3. The van der Waals surface area contributed by atoms with E-state index in [1.54, 1.807) is 0 Å². The van der Waals surface area contributed by atoms with Crippen LogP contribution in [0.5, 0.6) is 0 Å². The first-order chi connectivity index (χ1) is 10.8. The molecule has 0 aromatic heterocycles. The Kier molecular flexibility index (Phi) is 7.83. The Morgan fingerprint density at radius 3 is 2.30 bits per heavy atom. The van der Waals surface area contributed by atoms with Gasteiger partial charge in [-0.1, -0.05) is 56.3 Å². The van der Waals surface area contributed by atoms with Crippen LogP contribution >= 0.6 is 0 Å². The molecule has 1 rings (SSSR count). The Hall–Kier alpha value is -1.81. The maximum Gasteiger partial charge on any atom is 0.407 e. The SMILES string of the molecule is CC(C)C(NC/C=C/CNC(=O)OC(C)(C)C)c1ccccc1. The monoisotopic (exact) mass is 318 g/mol. The van der Waals surface area contributed by atoms with Gasteiger partial charge in [-0.2, -0.15) is 0 Å². The average molecular weight is 318 g/mol. The van der Waals surface area contributed by atoms with Crippen molar-refractivity contribution in [1.82, 2.24) is 10.6 Å². The summed E-state index contributed by atoms with van der Waals surface area (Å²) in [4.78, 5) is 11.5. The van der Waals surface area contributed by atoms with E-state index in [9.17, 15) is 4.79 Å². The van der Waals surface area contributed by atoms with Crippen molar-refractivity contribution in [2.24, 2.45) is 5.92 Å². The van der Waals surface area contributed by atoms with Crippen molar-refractivity contribution in [2.75, 3.05) is 13.1 Å². The standard InChI is InChI=1S/C19H30N2O2/c1-15(2)17(16-11-7-6-8-12-16)20-13-9-10-14-21-18(22)23-19(3,4)5/h6-12,15,17,20H,13-14H2,1-5H3,(H,21,22)/b10-9+. The minimum absolute atomic E-state index is 0.319. The maximum absolute atomic E-state index is 11.5. The third kappa shape index (κ3) is 8.41. The summed E-state index contributed by atoms with van der Waals surface area (Å²) in [6, 6.07) is 10.8. The Morgan fingerprint density at radius 2 is 1.74 bits per heavy atom. The molecule has 1 aromatic rings. The van der Waals surface area contributed by atoms with E-state index in [1.165, 1.54) is 5.56 Å². The average Bonchev–Trinajstić information content (AvgIpc) is 2.45. The lowest BCUT2D eigenvalue weighted by Crippen LogP contribution is -2.32. The first-order valence-electron chi connectivity index (χ1n) is 8.20. The Bertz CT molecular complexity index is 490. The lowest BCUT2D eigenvalue weighted by Gasteiger charge is -2.22. The number of carbonyl (C=O) groups is 1. The quantitative estimate of drug-likeness (QED) is 0.746. The van der Waals surface area contributed by atoms with Crippen molar-refractivity contribution in [1.29, 1.82) is 0 Å². The first-order valence-corrected chi connectivity index (χ1v) is 8.20. The molecule has 1 unspecified atom stereocenters. The van der Waals surface area contributed by atoms with Crippen LogP contribution in [0.1, 0.15) is 46.2 Å². The molecule has 4 heteroatoms. The molecule has 0 radical (unpaired) electrons. The zero-order valence-electron chi connectivity index (χ0n) is 14.9. The molecule has 23 heavy (non-hydrogen) atoms. The molecule has 4 nitrogen and oxygen atoms in total. The Morgan fingerprint density at radius 1 is 1.13 bits per heavy atom. The minimum Gasteiger partial charge on any atom is -0.444 e. The van der Waals surface area contributed by atoms with Gasteiger partial charge in [0.15, 0.2) is 0 Å². The van der Waals surface area contributed by atoms with Crippen LogP contribution in [0.4, 0.5) is 4.79 Å². The number of hydrogen-bond donors (Lipinski definition) is 2. The predicted molar refractivity (Wildman–Crippen MR) is 95.4 cm³/mol. The third-order valence-electron chi connectivity index (χ3n) is 3.21. The van der Waals surface area contributed by atoms with E-state index < -0.39 is 5.60 Å². The van der Waals surface area contributed by atoms with Crippen LogP contribution in [0, 0.1) is 5.92 Å². The van der Waals surface area contributed by atoms with Crippen LogP contribution in [-0.4, -0.2) is 24.8 Å². The van der Waals surface area contributed by atoms with Crippen LogP contribution in [0.25, 0.3) is 0 Å². The fourth-order valence-corrected chi connectivity index (χ4v) is 2.22. The van der Waals surface area contributed by atoms with Crippen LogP contribution in [0.3, 0.4) is 0 Å². The Balaban J connectivity index is 2.33. The van der Waals surface area contributed by atoms with E-state index >= 15 is 0 Å². The van der Waals surface area contributed by atoms with E-state index in [4.69, 9.17) is 4.74 Å². The fraction of sp³-hybridized carbons (Fsp3) is 0.526. The molecule has 0 aliphatic carbocycles. The smallest absolute Gasteiger partial charge is 0.407 e. The molecule has 0 bridgehead atoms. The molecular formula is C19H30N2O2. The summed E-state index contributed by atoms with van der Waals surface area (Å²) in [6.45, 7) is 11.2. The van der Waals surface area contributed by atoms with Crippen molar-refractivity contribution < 1.29 is 9.53 Å². The van der Waals surface area contributed by atoms with E-state index in [0.29, 0.717) is 18.5 Å². The van der Waals surface area contributed by atoms with Crippen molar-refractivity contribution in [2.45, 2.75) is 46.3 Å². The summed E-state index contributed by atoms with van der Waals surface area (Å²) >= 11 is 0. The van der Waals surface area contributed by atoms with Crippen LogP contribution < -0.4 is 10.6 Å². The summed E-state index contributed by atoms with van der Waals surface area (Å²) in [5.74, 6) is 0.505. The van der Waals surface area contributed by atoms with Gasteiger partial charge in [0, 0.05) is 19.1 Å². The Labute approximate surface area is 140 Å². The molecule has 128 valence electrons. The lowest BCUT2D eigenvalue weighted by atomic mass is 9.96. The van der Waals surface area contributed by atoms with Gasteiger partial charge in [0.25, 0.3) is 0 Å². The molecule has 0 heterocycles. The second-order valence-electron chi connectivity index (χ2n) is 6.89. The van der Waals surface area contributed by atoms with E-state index in [1.807, 2.05) is 39.0 Å². The second-order valence-corrected chi connectivity index (χ2v) is 6.89. The number of rotatable bonds is 7. The third-order valence-corrected chi connectivity index (χ3v) is 3.21. The highest BCUT2D eigenvalue weighted by molar-refractivity contribution is 5.67.